The first-order chi connectivity index (χ1) is 8.61. The van der Waals surface area contributed by atoms with Gasteiger partial charge in [-0.1, -0.05) is 13.8 Å². The van der Waals surface area contributed by atoms with Crippen LogP contribution in [-0.4, -0.2) is 35.9 Å². The summed E-state index contributed by atoms with van der Waals surface area (Å²) in [4.78, 5) is 18.5. The zero-order valence-electron chi connectivity index (χ0n) is 11.3. The number of amides is 1. The second kappa shape index (κ2) is 5.38. The predicted octanol–water partition coefficient (Wildman–Crippen LogP) is 2.24. The number of rotatable bonds is 2. The van der Waals surface area contributed by atoms with Crippen molar-refractivity contribution in [3.8, 4) is 0 Å². The molecule has 0 radical (unpaired) electrons. The molecule has 4 heteroatoms. The molecular formula is C14H21N3O. The van der Waals surface area contributed by atoms with E-state index >= 15 is 0 Å². The van der Waals surface area contributed by atoms with Gasteiger partial charge in [-0.05, 0) is 24.3 Å². The molecule has 1 N–H and O–H groups in total. The lowest BCUT2D eigenvalue weighted by atomic mass is 9.91. The van der Waals surface area contributed by atoms with Crippen LogP contribution >= 0.6 is 0 Å². The van der Waals surface area contributed by atoms with Gasteiger partial charge in [-0.15, -0.1) is 0 Å². The van der Waals surface area contributed by atoms with E-state index in [2.05, 4.69) is 24.1 Å². The normalized spacial score (nSPS) is 23.8. The molecule has 2 rings (SSSR count). The average Bonchev–Trinajstić information content (AvgIpc) is 2.36. The Morgan fingerprint density at radius 1 is 1.39 bits per heavy atom. The fraction of sp³-hybridized carbons (Fsp3) is 0.571. The topological polar surface area (TPSA) is 45.2 Å². The van der Waals surface area contributed by atoms with E-state index < -0.39 is 0 Å². The van der Waals surface area contributed by atoms with Crippen molar-refractivity contribution in [1.29, 1.82) is 0 Å². The van der Waals surface area contributed by atoms with Crippen molar-refractivity contribution >= 4 is 11.6 Å². The molecule has 1 fully saturated rings. The van der Waals surface area contributed by atoms with Gasteiger partial charge in [0.25, 0.3) is 5.91 Å². The number of anilines is 1. The van der Waals surface area contributed by atoms with Gasteiger partial charge >= 0.3 is 0 Å². The molecule has 0 aromatic carbocycles. The smallest absolute Gasteiger partial charge is 0.257 e. The molecule has 1 aliphatic rings. The Hall–Kier alpha value is -1.58. The number of carbonyl (C=O) groups excluding carboxylic acids is 1. The van der Waals surface area contributed by atoms with Crippen molar-refractivity contribution in [3.05, 3.63) is 24.0 Å². The van der Waals surface area contributed by atoms with Gasteiger partial charge in [0, 0.05) is 38.2 Å². The van der Waals surface area contributed by atoms with E-state index in [4.69, 9.17) is 0 Å². The van der Waals surface area contributed by atoms with Crippen molar-refractivity contribution in [2.75, 3.05) is 25.5 Å². The third kappa shape index (κ3) is 2.63. The molecule has 2 heterocycles. The fourth-order valence-corrected chi connectivity index (χ4v) is 2.78. The first kappa shape index (κ1) is 12.9. The number of piperidine rings is 1. The van der Waals surface area contributed by atoms with Gasteiger partial charge in [-0.2, -0.15) is 0 Å². The lowest BCUT2D eigenvalue weighted by Gasteiger charge is -2.35. The third-order valence-corrected chi connectivity index (χ3v) is 3.48. The van der Waals surface area contributed by atoms with Crippen molar-refractivity contribution < 1.29 is 4.79 Å². The van der Waals surface area contributed by atoms with Crippen LogP contribution in [0.1, 0.15) is 30.6 Å². The van der Waals surface area contributed by atoms with Gasteiger partial charge in [0.05, 0.1) is 5.56 Å². The van der Waals surface area contributed by atoms with Crippen molar-refractivity contribution in [1.82, 2.24) is 9.88 Å². The van der Waals surface area contributed by atoms with E-state index in [0.29, 0.717) is 17.4 Å². The monoisotopic (exact) mass is 247 g/mol. The molecule has 2 unspecified atom stereocenters. The first-order valence-electron chi connectivity index (χ1n) is 6.52. The number of nitrogens with one attached hydrogen (secondary N) is 1. The summed E-state index contributed by atoms with van der Waals surface area (Å²) in [6.07, 6.45) is 4.55. The number of aromatic nitrogens is 1. The molecule has 1 amide bonds. The lowest BCUT2D eigenvalue weighted by Crippen LogP contribution is -2.42. The highest BCUT2D eigenvalue weighted by Crippen LogP contribution is 2.24. The standard InChI is InChI=1S/C14H21N3O/c1-10-6-11(2)9-17(8-10)14(18)12-7-16-5-4-13(12)15-3/h4-5,7,10-11H,6,8-9H2,1-3H3,(H,15,16). The minimum absolute atomic E-state index is 0.0887. The molecule has 1 aromatic heterocycles. The van der Waals surface area contributed by atoms with Crippen LogP contribution in [0.3, 0.4) is 0 Å². The molecular weight excluding hydrogens is 226 g/mol. The SMILES string of the molecule is CNc1ccncc1C(=O)N1CC(C)CC(C)C1. The van der Waals surface area contributed by atoms with Gasteiger partial charge in [0.2, 0.25) is 0 Å². The lowest BCUT2D eigenvalue weighted by molar-refractivity contribution is 0.0623. The van der Waals surface area contributed by atoms with Crippen molar-refractivity contribution in [3.63, 3.8) is 0 Å². The number of carbonyl (C=O) groups is 1. The minimum atomic E-state index is 0.0887. The van der Waals surface area contributed by atoms with Crippen LogP contribution in [0.25, 0.3) is 0 Å². The highest BCUT2D eigenvalue weighted by molar-refractivity contribution is 5.99. The van der Waals surface area contributed by atoms with Crippen LogP contribution in [0.2, 0.25) is 0 Å². The zero-order chi connectivity index (χ0) is 13.1. The average molecular weight is 247 g/mol. The largest absolute Gasteiger partial charge is 0.387 e. The molecule has 1 aliphatic heterocycles. The van der Waals surface area contributed by atoms with Gasteiger partial charge in [0.1, 0.15) is 0 Å². The van der Waals surface area contributed by atoms with E-state index in [-0.39, 0.29) is 5.91 Å². The summed E-state index contributed by atoms with van der Waals surface area (Å²) in [6.45, 7) is 6.11. The number of likely N-dealkylation sites (tertiary alicyclic amines) is 1. The molecule has 0 aliphatic carbocycles. The van der Waals surface area contributed by atoms with E-state index in [0.717, 1.165) is 18.8 Å². The predicted molar refractivity (Wildman–Crippen MR) is 72.6 cm³/mol. The third-order valence-electron chi connectivity index (χ3n) is 3.48. The summed E-state index contributed by atoms with van der Waals surface area (Å²) in [5.74, 6) is 1.24. The van der Waals surface area contributed by atoms with Gasteiger partial charge in [-0.3, -0.25) is 9.78 Å². The van der Waals surface area contributed by atoms with Crippen LogP contribution < -0.4 is 5.32 Å². The first-order valence-corrected chi connectivity index (χ1v) is 6.52. The van der Waals surface area contributed by atoms with Gasteiger partial charge < -0.3 is 10.2 Å². The molecule has 18 heavy (non-hydrogen) atoms. The number of nitrogens with zero attached hydrogens (tertiary/aromatic N) is 2. The van der Waals surface area contributed by atoms with E-state index in [9.17, 15) is 4.79 Å². The Labute approximate surface area is 108 Å². The number of hydrogen-bond acceptors (Lipinski definition) is 3. The highest BCUT2D eigenvalue weighted by Gasteiger charge is 2.27. The van der Waals surface area contributed by atoms with Crippen LogP contribution in [0.15, 0.2) is 18.5 Å². The van der Waals surface area contributed by atoms with E-state index in [1.165, 1.54) is 6.42 Å². The maximum Gasteiger partial charge on any atom is 0.257 e. The fourth-order valence-electron chi connectivity index (χ4n) is 2.78. The van der Waals surface area contributed by atoms with Crippen LogP contribution in [0.5, 0.6) is 0 Å². The second-order valence-corrected chi connectivity index (χ2v) is 5.33. The second-order valence-electron chi connectivity index (χ2n) is 5.33. The maximum atomic E-state index is 12.5. The molecule has 1 aromatic rings. The summed E-state index contributed by atoms with van der Waals surface area (Å²) in [5, 5.41) is 3.05. The summed E-state index contributed by atoms with van der Waals surface area (Å²) in [7, 11) is 1.83. The summed E-state index contributed by atoms with van der Waals surface area (Å²) in [5.41, 5.74) is 1.52. The highest BCUT2D eigenvalue weighted by atomic mass is 16.2. The van der Waals surface area contributed by atoms with Crippen molar-refractivity contribution in [2.24, 2.45) is 11.8 Å². The Morgan fingerprint density at radius 3 is 2.67 bits per heavy atom. The van der Waals surface area contributed by atoms with Gasteiger partial charge in [0.15, 0.2) is 0 Å². The van der Waals surface area contributed by atoms with E-state index in [1.54, 1.807) is 12.4 Å². The summed E-state index contributed by atoms with van der Waals surface area (Å²) < 4.78 is 0. The molecule has 0 bridgehead atoms. The van der Waals surface area contributed by atoms with Crippen LogP contribution in [0.4, 0.5) is 5.69 Å². The number of hydrogen-bond donors (Lipinski definition) is 1. The van der Waals surface area contributed by atoms with Crippen LogP contribution in [0, 0.1) is 11.8 Å². The molecule has 2 atom stereocenters. The Morgan fingerprint density at radius 2 is 2.06 bits per heavy atom. The van der Waals surface area contributed by atoms with Crippen LogP contribution in [-0.2, 0) is 0 Å². The molecule has 98 valence electrons. The molecule has 1 saturated heterocycles. The molecule has 0 saturated carbocycles. The molecule has 4 nitrogen and oxygen atoms in total. The van der Waals surface area contributed by atoms with Crippen molar-refractivity contribution in [2.45, 2.75) is 20.3 Å². The van der Waals surface area contributed by atoms with E-state index in [1.807, 2.05) is 18.0 Å². The minimum Gasteiger partial charge on any atom is -0.387 e. The van der Waals surface area contributed by atoms with Gasteiger partial charge in [-0.25, -0.2) is 0 Å². The zero-order valence-corrected chi connectivity index (χ0v) is 11.3. The summed E-state index contributed by atoms with van der Waals surface area (Å²) in [6, 6.07) is 1.84. The molecule has 0 spiro atoms. The Balaban J connectivity index is 2.20. The summed E-state index contributed by atoms with van der Waals surface area (Å²) >= 11 is 0. The Kier molecular flexibility index (Phi) is 3.84. The number of pyridine rings is 1. The quantitative estimate of drug-likeness (QED) is 0.871. The Bertz CT molecular complexity index is 423. The maximum absolute atomic E-state index is 12.5.